The quantitative estimate of drug-likeness (QED) is 0.0447. The number of nitrogens with two attached hydrogens (primary N) is 4. The molecular weight excluding hydrogens is 680 g/mol. The number of quaternary nitrogens is 2. The van der Waals surface area contributed by atoms with Gasteiger partial charge in [-0.15, -0.1) is 0 Å². The molecule has 0 saturated carbocycles. The third-order valence-corrected chi connectivity index (χ3v) is 8.21. The molecule has 0 radical (unpaired) electrons. The Morgan fingerprint density at radius 2 is 1.42 bits per heavy atom. The zero-order valence-corrected chi connectivity index (χ0v) is 30.1. The molecule has 6 aromatic rings. The fourth-order valence-corrected chi connectivity index (χ4v) is 5.56. The molecular formula is C41H43F2N5O5+2. The number of carbonyl (C=O) groups excluding carboxylic acids is 1. The van der Waals surface area contributed by atoms with Gasteiger partial charge in [-0.05, 0) is 61.9 Å². The lowest BCUT2D eigenvalue weighted by molar-refractivity contribution is -0.825. The van der Waals surface area contributed by atoms with Gasteiger partial charge in [0, 0.05) is 84.8 Å². The molecule has 0 unspecified atom stereocenters. The van der Waals surface area contributed by atoms with Gasteiger partial charge in [-0.25, -0.2) is 18.8 Å². The first kappa shape index (κ1) is 38.0. The van der Waals surface area contributed by atoms with Crippen LogP contribution in [0.2, 0.25) is 0 Å². The number of hydrogen-bond donors (Lipinski definition) is 5. The number of methoxy groups -OCH3 is 1. The van der Waals surface area contributed by atoms with Gasteiger partial charge in [-0.2, -0.15) is 5.48 Å². The number of carbonyl (C=O) groups is 1. The third kappa shape index (κ3) is 9.18. The van der Waals surface area contributed by atoms with E-state index in [-0.39, 0.29) is 34.3 Å². The van der Waals surface area contributed by atoms with Gasteiger partial charge in [0.25, 0.3) is 0 Å². The summed E-state index contributed by atoms with van der Waals surface area (Å²) in [6.45, 7) is 3.98. The number of esters is 1. The maximum absolute atomic E-state index is 14.8. The van der Waals surface area contributed by atoms with E-state index in [0.29, 0.717) is 17.1 Å². The van der Waals surface area contributed by atoms with Crippen LogP contribution >= 0.6 is 0 Å². The molecule has 0 fully saturated rings. The average molecular weight is 724 g/mol. The number of ether oxygens (including phenoxy) is 3. The van der Waals surface area contributed by atoms with Crippen LogP contribution in [0, 0.1) is 11.6 Å². The van der Waals surface area contributed by atoms with Gasteiger partial charge >= 0.3 is 5.97 Å². The Hall–Kier alpha value is -6.21. The number of anilines is 3. The van der Waals surface area contributed by atoms with E-state index in [2.05, 4.69) is 0 Å². The Kier molecular flexibility index (Phi) is 12.1. The van der Waals surface area contributed by atoms with E-state index in [0.717, 1.165) is 51.2 Å². The van der Waals surface area contributed by atoms with Crippen LogP contribution in [0.15, 0.2) is 109 Å². The molecule has 0 aliphatic rings. The third-order valence-electron chi connectivity index (χ3n) is 8.21. The van der Waals surface area contributed by atoms with E-state index in [1.54, 1.807) is 12.1 Å². The molecule has 0 bridgehead atoms. The first-order valence-corrected chi connectivity index (χ1v) is 16.7. The fraction of sp³-hybridized carbons (Fsp3) is 0.146. The maximum Gasteiger partial charge on any atom is 0.347 e. The number of halogens is 2. The van der Waals surface area contributed by atoms with Crippen LogP contribution in [0.25, 0.3) is 21.9 Å². The minimum absolute atomic E-state index is 0.0950. The molecule has 0 aliphatic carbocycles. The summed E-state index contributed by atoms with van der Waals surface area (Å²) in [5, 5.41) is 12.9. The van der Waals surface area contributed by atoms with Crippen molar-refractivity contribution in [2.45, 2.75) is 20.0 Å². The van der Waals surface area contributed by atoms with Crippen molar-refractivity contribution in [3.05, 3.63) is 126 Å². The van der Waals surface area contributed by atoms with Gasteiger partial charge in [0.2, 0.25) is 0 Å². The summed E-state index contributed by atoms with van der Waals surface area (Å²) < 4.78 is 46.0. The number of benzene rings is 6. The Morgan fingerprint density at radius 1 is 0.774 bits per heavy atom. The van der Waals surface area contributed by atoms with Crippen molar-refractivity contribution < 1.29 is 43.8 Å². The highest BCUT2D eigenvalue weighted by atomic mass is 19.1. The van der Waals surface area contributed by atoms with E-state index >= 15 is 0 Å². The van der Waals surface area contributed by atoms with Gasteiger partial charge < -0.3 is 30.6 Å². The number of fused-ring (bicyclic) bond motifs is 1. The number of nitrogen functional groups attached to an aromatic ring is 2. The largest absolute Gasteiger partial charge is 0.496 e. The van der Waals surface area contributed by atoms with E-state index in [1.165, 1.54) is 37.4 Å². The summed E-state index contributed by atoms with van der Waals surface area (Å²) in [5.74, 6) is -1.91. The van der Waals surface area contributed by atoms with Crippen LogP contribution in [0.1, 0.15) is 24.2 Å². The zero-order chi connectivity index (χ0) is 38.2. The standard InChI is InChI=1S/C30H23F2N3O4.C11H18N2O/c1-38-28-14-19(34-27-13-12-26(33)21-4-2-3-5-22(21)27)10-11-23(28)30(36)39-20-15-24(31)29(25(32)16-20)17-6-8-18(35-37)9-7-17;1-8(2)14-11-7-9(13(3)4)5-6-10(11)12/h2-16,34-35,37H,33H2,1H3;5-8H,12H2,1-4H3/p+2. The topological polar surface area (TPSA) is 153 Å². The van der Waals surface area contributed by atoms with Gasteiger partial charge in [0.05, 0.1) is 24.5 Å². The van der Waals surface area contributed by atoms with Gasteiger partial charge in [-0.3, -0.25) is 5.32 Å². The highest BCUT2D eigenvalue weighted by Gasteiger charge is 2.20. The summed E-state index contributed by atoms with van der Waals surface area (Å²) in [5.41, 5.74) is 17.5. The second-order valence-electron chi connectivity index (χ2n) is 12.6. The molecule has 274 valence electrons. The van der Waals surface area contributed by atoms with Crippen molar-refractivity contribution in [2.75, 3.05) is 37.6 Å². The highest BCUT2D eigenvalue weighted by molar-refractivity contribution is 5.99. The van der Waals surface area contributed by atoms with Crippen molar-refractivity contribution >= 4 is 50.9 Å². The van der Waals surface area contributed by atoms with Crippen molar-refractivity contribution in [3.63, 3.8) is 0 Å². The molecule has 6 aromatic carbocycles. The molecule has 6 rings (SSSR count). The molecule has 53 heavy (non-hydrogen) atoms. The molecule has 0 heterocycles. The van der Waals surface area contributed by atoms with Crippen molar-refractivity contribution in [3.8, 4) is 28.4 Å². The van der Waals surface area contributed by atoms with E-state index < -0.39 is 17.6 Å². The first-order chi connectivity index (χ1) is 25.4. The number of nitrogens with zero attached hydrogens (tertiary/aromatic N) is 1. The summed E-state index contributed by atoms with van der Waals surface area (Å²) in [6.07, 6.45) is 0.148. The van der Waals surface area contributed by atoms with Gasteiger partial charge in [0.1, 0.15) is 45.8 Å². The molecule has 10 nitrogen and oxygen atoms in total. The summed E-state index contributed by atoms with van der Waals surface area (Å²) >= 11 is 0. The maximum atomic E-state index is 14.8. The lowest BCUT2D eigenvalue weighted by atomic mass is 10.0. The van der Waals surface area contributed by atoms with Crippen LogP contribution in [0.4, 0.5) is 42.9 Å². The molecule has 0 aliphatic heterocycles. The summed E-state index contributed by atoms with van der Waals surface area (Å²) in [4.78, 5) is 14.9. The van der Waals surface area contributed by atoms with Crippen LogP contribution in [0.5, 0.6) is 17.2 Å². The average Bonchev–Trinajstić information content (AvgIpc) is 3.13. The Bertz CT molecular complexity index is 2210. The van der Waals surface area contributed by atoms with Crippen molar-refractivity contribution in [1.29, 1.82) is 0 Å². The lowest BCUT2D eigenvalue weighted by Crippen LogP contribution is -2.73. The second kappa shape index (κ2) is 16.9. The van der Waals surface area contributed by atoms with Crippen LogP contribution in [-0.4, -0.2) is 38.5 Å². The summed E-state index contributed by atoms with van der Waals surface area (Å²) in [7, 11) is 5.40. The van der Waals surface area contributed by atoms with Gasteiger partial charge in [0.15, 0.2) is 5.69 Å². The molecule has 0 atom stereocenters. The van der Waals surface area contributed by atoms with Crippen molar-refractivity contribution in [1.82, 2.24) is 0 Å². The molecule has 0 aromatic heterocycles. The predicted octanol–water partition coefficient (Wildman–Crippen LogP) is 6.83. The number of rotatable bonds is 10. The predicted molar refractivity (Wildman–Crippen MR) is 204 cm³/mol. The lowest BCUT2D eigenvalue weighted by Gasteiger charge is -2.17. The smallest absolute Gasteiger partial charge is 0.347 e. The molecule has 0 spiro atoms. The Balaban J connectivity index is 0.000000326. The first-order valence-electron chi connectivity index (χ1n) is 16.7. The van der Waals surface area contributed by atoms with Crippen LogP contribution < -0.4 is 41.4 Å². The zero-order valence-electron chi connectivity index (χ0n) is 30.1. The normalized spacial score (nSPS) is 10.8. The molecule has 9 N–H and O–H groups in total. The SMILES string of the molecule is CC(C)Oc1cc(N(C)C)ccc1N.COc1cc([NH2+]c2ccc(N)c3ccccc23)ccc1C(=O)Oc1cc(F)c(-c2ccc([NH2+]O)cc2)c(F)c1. The Morgan fingerprint density at radius 3 is 2.04 bits per heavy atom. The Labute approximate surface area is 306 Å². The highest BCUT2D eigenvalue weighted by Crippen LogP contribution is 2.32. The summed E-state index contributed by atoms with van der Waals surface area (Å²) in [6, 6.07) is 30.2. The molecule has 0 saturated heterocycles. The minimum Gasteiger partial charge on any atom is -0.496 e. The fourth-order valence-electron chi connectivity index (χ4n) is 5.56. The monoisotopic (exact) mass is 723 g/mol. The van der Waals surface area contributed by atoms with E-state index in [9.17, 15) is 13.6 Å². The second-order valence-corrected chi connectivity index (χ2v) is 12.6. The van der Waals surface area contributed by atoms with Crippen LogP contribution in [0.3, 0.4) is 0 Å². The van der Waals surface area contributed by atoms with E-state index in [1.807, 2.05) is 92.8 Å². The van der Waals surface area contributed by atoms with Crippen LogP contribution in [-0.2, 0) is 0 Å². The van der Waals surface area contributed by atoms with Crippen molar-refractivity contribution in [2.24, 2.45) is 0 Å². The molecule has 12 heteroatoms. The molecule has 0 amide bonds. The number of hydrogen-bond acceptors (Lipinski definition) is 8. The minimum atomic E-state index is -0.897. The van der Waals surface area contributed by atoms with E-state index in [4.69, 9.17) is 30.9 Å². The van der Waals surface area contributed by atoms with Gasteiger partial charge in [-0.1, -0.05) is 18.2 Å².